The Kier molecular flexibility index (Phi) is 7.37. The van der Waals surface area contributed by atoms with E-state index in [9.17, 15) is 4.39 Å². The number of halogens is 2. The van der Waals surface area contributed by atoms with Crippen LogP contribution in [0.4, 0.5) is 4.39 Å². The zero-order valence-corrected chi connectivity index (χ0v) is 9.40. The summed E-state index contributed by atoms with van der Waals surface area (Å²) in [6.07, 6.45) is 4.94. The van der Waals surface area contributed by atoms with Gasteiger partial charge in [0.2, 0.25) is 0 Å². The van der Waals surface area contributed by atoms with E-state index in [2.05, 4.69) is 6.58 Å². The van der Waals surface area contributed by atoms with Crippen molar-refractivity contribution in [1.29, 1.82) is 0 Å². The third kappa shape index (κ3) is 3.99. The Bertz CT molecular complexity index is 196. The first-order chi connectivity index (χ1) is 4.20. The fraction of sp³-hybridized carbons (Fsp3) is 0.125. The molecule has 0 fully saturated rings. The van der Waals surface area contributed by atoms with E-state index in [1.165, 1.54) is 6.08 Å². The summed E-state index contributed by atoms with van der Waals surface area (Å²) in [6.45, 7) is 5.31. The second-order valence-corrected chi connectivity index (χ2v) is 2.08. The predicted octanol–water partition coefficient (Wildman–Crippen LogP) is -0.817. The van der Waals surface area contributed by atoms with Crippen molar-refractivity contribution in [3.63, 3.8) is 0 Å². The Morgan fingerprint density at radius 1 is 1.55 bits per heavy atom. The minimum absolute atomic E-state index is 0. The van der Waals surface area contributed by atoms with Crippen LogP contribution < -0.4 is 17.0 Å². The summed E-state index contributed by atoms with van der Waals surface area (Å²) in [6, 6.07) is 0. The fourth-order valence-corrected chi connectivity index (χ4v) is 0.636. The maximum absolute atomic E-state index is 12.5. The van der Waals surface area contributed by atoms with Crippen molar-refractivity contribution in [2.75, 3.05) is 0 Å². The van der Waals surface area contributed by atoms with Crippen LogP contribution in [0.25, 0.3) is 0 Å². The number of allylic oxidation sites excluding steroid dienone is 5. The van der Waals surface area contributed by atoms with E-state index in [1.807, 2.05) is 0 Å². The zero-order valence-electron chi connectivity index (χ0n) is 6.40. The topological polar surface area (TPSA) is 0 Å². The van der Waals surface area contributed by atoms with Crippen LogP contribution in [0.15, 0.2) is 36.2 Å². The standard InChI is InChI=1S/C8H8F.BrH.Mg/c1-6-3-4-7(2)8(9)5-6;;/h3-5H,1H2,2H3;1H;/q-1;;+2/p-1. The van der Waals surface area contributed by atoms with Gasteiger partial charge in [0.1, 0.15) is 0 Å². The summed E-state index contributed by atoms with van der Waals surface area (Å²) in [5.74, 6) is 0.491. The molecule has 0 saturated carbocycles. The third-order valence-corrected chi connectivity index (χ3v) is 1.24. The summed E-state index contributed by atoms with van der Waals surface area (Å²) in [7, 11) is 0. The summed E-state index contributed by atoms with van der Waals surface area (Å²) in [5.41, 5.74) is 0.720. The average molecular weight is 227 g/mol. The molecule has 0 aromatic carbocycles. The van der Waals surface area contributed by atoms with Gasteiger partial charge in [0.15, 0.2) is 0 Å². The van der Waals surface area contributed by atoms with Gasteiger partial charge >= 0.3 is 23.1 Å². The molecule has 3 heteroatoms. The average Bonchev–Trinajstić information content (AvgIpc) is 1.80. The third-order valence-electron chi connectivity index (χ3n) is 1.24. The van der Waals surface area contributed by atoms with Crippen LogP contribution in [0.5, 0.6) is 0 Å². The molecule has 1 aliphatic carbocycles. The van der Waals surface area contributed by atoms with Gasteiger partial charge in [0.25, 0.3) is 0 Å². The Hall–Kier alpha value is 0.266. The maximum Gasteiger partial charge on any atom is 2.00 e. The monoisotopic (exact) mass is 226 g/mol. The van der Waals surface area contributed by atoms with E-state index in [4.69, 9.17) is 0 Å². The first kappa shape index (κ1) is 13.8. The minimum atomic E-state index is -0.178. The van der Waals surface area contributed by atoms with E-state index < -0.39 is 0 Å². The van der Waals surface area contributed by atoms with Crippen LogP contribution in [-0.2, 0) is 0 Å². The minimum Gasteiger partial charge on any atom is -1.00 e. The van der Waals surface area contributed by atoms with E-state index in [0.29, 0.717) is 5.92 Å². The molecular weight excluding hydrogens is 219 g/mol. The zero-order chi connectivity index (χ0) is 6.85. The number of hydrogen-bond donors (Lipinski definition) is 0. The van der Waals surface area contributed by atoms with Gasteiger partial charge in [0.05, 0.1) is 0 Å². The molecule has 11 heavy (non-hydrogen) atoms. The van der Waals surface area contributed by atoms with Crippen LogP contribution in [0.1, 0.15) is 6.92 Å². The van der Waals surface area contributed by atoms with Crippen molar-refractivity contribution in [3.05, 3.63) is 42.1 Å². The quantitative estimate of drug-likeness (QED) is 0.375. The molecule has 1 aliphatic rings. The molecule has 0 radical (unpaired) electrons. The molecule has 0 aromatic rings. The number of rotatable bonds is 0. The van der Waals surface area contributed by atoms with Gasteiger partial charge in [-0.1, -0.05) is 6.92 Å². The molecule has 0 aliphatic heterocycles. The molecule has 56 valence electrons. The molecule has 0 heterocycles. The van der Waals surface area contributed by atoms with Crippen molar-refractivity contribution < 1.29 is 21.4 Å². The largest absolute Gasteiger partial charge is 2.00 e. The summed E-state index contributed by atoms with van der Waals surface area (Å²) in [4.78, 5) is 0. The van der Waals surface area contributed by atoms with E-state index >= 15 is 0 Å². The van der Waals surface area contributed by atoms with Crippen molar-refractivity contribution >= 4 is 23.1 Å². The molecule has 0 aromatic heterocycles. The number of hydrogen-bond acceptors (Lipinski definition) is 0. The van der Waals surface area contributed by atoms with Gasteiger partial charge in [0, 0.05) is 5.83 Å². The Morgan fingerprint density at radius 3 is 2.45 bits per heavy atom. The Labute approximate surface area is 93.2 Å². The van der Waals surface area contributed by atoms with Gasteiger partial charge < -0.3 is 17.0 Å². The van der Waals surface area contributed by atoms with Crippen LogP contribution >= 0.6 is 0 Å². The van der Waals surface area contributed by atoms with Crippen LogP contribution in [0, 0.1) is 5.92 Å². The van der Waals surface area contributed by atoms with E-state index in [-0.39, 0.29) is 45.9 Å². The van der Waals surface area contributed by atoms with Gasteiger partial charge in [-0.3, -0.25) is 0 Å². The first-order valence-corrected chi connectivity index (χ1v) is 2.78. The van der Waals surface area contributed by atoms with E-state index in [1.54, 1.807) is 19.1 Å². The first-order valence-electron chi connectivity index (χ1n) is 2.78. The molecule has 0 bridgehead atoms. The molecule has 0 spiro atoms. The molecule has 0 amide bonds. The second kappa shape index (κ2) is 5.86. The van der Waals surface area contributed by atoms with Gasteiger partial charge in [-0.2, -0.15) is 12.2 Å². The summed E-state index contributed by atoms with van der Waals surface area (Å²) in [5, 5.41) is 0. The smallest absolute Gasteiger partial charge is 1.00 e. The molecule has 0 atom stereocenters. The van der Waals surface area contributed by atoms with Crippen LogP contribution in [0.2, 0.25) is 0 Å². The van der Waals surface area contributed by atoms with Crippen LogP contribution in [-0.4, -0.2) is 23.1 Å². The van der Waals surface area contributed by atoms with Crippen molar-refractivity contribution in [3.8, 4) is 0 Å². The molecule has 0 N–H and O–H groups in total. The SMILES string of the molecule is C=C1C=C[C-](C)C(F)=C1.[Br-].[Mg+2]. The summed E-state index contributed by atoms with van der Waals surface area (Å²) < 4.78 is 12.5. The summed E-state index contributed by atoms with van der Waals surface area (Å²) >= 11 is 0. The van der Waals surface area contributed by atoms with E-state index in [0.717, 1.165) is 5.57 Å². The second-order valence-electron chi connectivity index (χ2n) is 2.08. The van der Waals surface area contributed by atoms with Gasteiger partial charge in [-0.25, -0.2) is 4.39 Å². The van der Waals surface area contributed by atoms with Crippen molar-refractivity contribution in [2.45, 2.75) is 6.92 Å². The van der Waals surface area contributed by atoms with Gasteiger partial charge in [-0.15, -0.1) is 24.1 Å². The predicted molar refractivity (Wildman–Crippen MR) is 42.1 cm³/mol. The van der Waals surface area contributed by atoms with Crippen LogP contribution in [0.3, 0.4) is 0 Å². The molecule has 1 rings (SSSR count). The maximum atomic E-state index is 12.5. The van der Waals surface area contributed by atoms with Crippen molar-refractivity contribution in [2.24, 2.45) is 0 Å². The Morgan fingerprint density at radius 2 is 2.09 bits per heavy atom. The Balaban J connectivity index is 0. The fourth-order valence-electron chi connectivity index (χ4n) is 0.636. The molecule has 0 unspecified atom stereocenters. The molecule has 0 nitrogen and oxygen atoms in total. The molecule has 0 saturated heterocycles. The normalized spacial score (nSPS) is 14.9. The van der Waals surface area contributed by atoms with Crippen molar-refractivity contribution in [1.82, 2.24) is 0 Å². The van der Waals surface area contributed by atoms with Gasteiger partial charge in [-0.05, 0) is 0 Å². The molecular formula is C8H8BrFMg.